The third-order valence-corrected chi connectivity index (χ3v) is 4.49. The van der Waals surface area contributed by atoms with E-state index in [0.29, 0.717) is 25.5 Å². The van der Waals surface area contributed by atoms with Crippen LogP contribution in [0.3, 0.4) is 0 Å². The fraction of sp³-hybridized carbons (Fsp3) is 0.714. The Labute approximate surface area is 148 Å². The van der Waals surface area contributed by atoms with Gasteiger partial charge < -0.3 is 15.8 Å². The zero-order chi connectivity index (χ0) is 14.5. The number of aromatic nitrogens is 1. The van der Waals surface area contributed by atoms with Gasteiger partial charge in [-0.2, -0.15) is 0 Å². The first-order chi connectivity index (χ1) is 9.60. The summed E-state index contributed by atoms with van der Waals surface area (Å²) in [6.07, 6.45) is 2.70. The molecule has 0 saturated heterocycles. The van der Waals surface area contributed by atoms with E-state index in [9.17, 15) is 4.79 Å². The van der Waals surface area contributed by atoms with Crippen molar-refractivity contribution in [2.45, 2.75) is 45.3 Å². The lowest BCUT2D eigenvalue weighted by Gasteiger charge is -2.11. The average molecular weight is 370 g/mol. The lowest BCUT2D eigenvalue weighted by Crippen LogP contribution is -2.39. The summed E-state index contributed by atoms with van der Waals surface area (Å²) in [5.41, 5.74) is 6.75. The number of ether oxygens (including phenoxy) is 1. The molecule has 1 aliphatic carbocycles. The van der Waals surface area contributed by atoms with Gasteiger partial charge in [0, 0.05) is 24.6 Å². The highest BCUT2D eigenvalue weighted by atomic mass is 35.5. The van der Waals surface area contributed by atoms with Gasteiger partial charge >= 0.3 is 0 Å². The first-order valence-electron chi connectivity index (χ1n) is 7.18. The summed E-state index contributed by atoms with van der Waals surface area (Å²) in [5.74, 6) is 0.593. The number of nitrogens with one attached hydrogen (secondary N) is 1. The van der Waals surface area contributed by atoms with Crippen molar-refractivity contribution in [3.05, 3.63) is 16.1 Å². The van der Waals surface area contributed by atoms with Gasteiger partial charge in [-0.15, -0.1) is 36.2 Å². The monoisotopic (exact) mass is 369 g/mol. The van der Waals surface area contributed by atoms with Crippen LogP contribution >= 0.6 is 36.2 Å². The van der Waals surface area contributed by atoms with Crippen LogP contribution < -0.4 is 11.1 Å². The number of carbonyl (C=O) groups excluding carboxylic acids is 1. The van der Waals surface area contributed by atoms with Gasteiger partial charge in [-0.05, 0) is 32.6 Å². The van der Waals surface area contributed by atoms with E-state index in [0.717, 1.165) is 10.7 Å². The quantitative estimate of drug-likeness (QED) is 0.737. The van der Waals surface area contributed by atoms with Crippen LogP contribution in [0.2, 0.25) is 0 Å². The molecule has 1 aromatic rings. The molecule has 0 radical (unpaired) electrons. The van der Waals surface area contributed by atoms with E-state index in [1.165, 1.54) is 24.2 Å². The maximum Gasteiger partial charge on any atom is 0.226 e. The van der Waals surface area contributed by atoms with Crippen LogP contribution in [0, 0.1) is 5.92 Å². The van der Waals surface area contributed by atoms with Crippen LogP contribution in [0.1, 0.15) is 43.5 Å². The van der Waals surface area contributed by atoms with Gasteiger partial charge in [-0.1, -0.05) is 0 Å². The smallest absolute Gasteiger partial charge is 0.226 e. The van der Waals surface area contributed by atoms with Gasteiger partial charge in [0.05, 0.1) is 12.1 Å². The Kier molecular flexibility index (Phi) is 10.2. The molecule has 2 rings (SSSR count). The number of amides is 1. The second-order valence-electron chi connectivity index (χ2n) is 5.26. The minimum absolute atomic E-state index is 0. The molecule has 1 saturated carbocycles. The molecule has 1 heterocycles. The van der Waals surface area contributed by atoms with Gasteiger partial charge in [0.25, 0.3) is 0 Å². The molecule has 1 fully saturated rings. The SMILES string of the molecule is CCOC(C)c1nc(CC(=O)NCC(N)C2CC2)cs1.Cl.Cl. The van der Waals surface area contributed by atoms with Crippen molar-refractivity contribution >= 4 is 42.1 Å². The average Bonchev–Trinajstić information content (AvgIpc) is 3.17. The number of thiazole rings is 1. The summed E-state index contributed by atoms with van der Waals surface area (Å²) in [4.78, 5) is 16.3. The third-order valence-electron chi connectivity index (χ3n) is 3.44. The highest BCUT2D eigenvalue weighted by Gasteiger charge is 2.28. The highest BCUT2D eigenvalue weighted by Crippen LogP contribution is 2.31. The molecule has 0 aromatic carbocycles. The third kappa shape index (κ3) is 6.79. The fourth-order valence-corrected chi connectivity index (χ4v) is 2.88. The second kappa shape index (κ2) is 10.4. The minimum Gasteiger partial charge on any atom is -0.372 e. The van der Waals surface area contributed by atoms with E-state index in [1.807, 2.05) is 19.2 Å². The number of hydrogen-bond acceptors (Lipinski definition) is 5. The lowest BCUT2D eigenvalue weighted by atomic mass is 10.2. The van der Waals surface area contributed by atoms with E-state index < -0.39 is 0 Å². The molecule has 2 atom stereocenters. The van der Waals surface area contributed by atoms with Crippen molar-refractivity contribution in [1.82, 2.24) is 10.3 Å². The molecule has 8 heteroatoms. The van der Waals surface area contributed by atoms with Gasteiger partial charge in [0.15, 0.2) is 0 Å². The molecule has 0 bridgehead atoms. The first-order valence-corrected chi connectivity index (χ1v) is 8.06. The van der Waals surface area contributed by atoms with Crippen LogP contribution in [0.5, 0.6) is 0 Å². The Bertz CT molecular complexity index is 455. The molecule has 5 nitrogen and oxygen atoms in total. The van der Waals surface area contributed by atoms with E-state index in [1.54, 1.807) is 0 Å². The number of carbonyl (C=O) groups is 1. The molecular weight excluding hydrogens is 345 g/mol. The molecule has 0 aliphatic heterocycles. The number of rotatable bonds is 8. The van der Waals surface area contributed by atoms with Crippen molar-refractivity contribution < 1.29 is 9.53 Å². The van der Waals surface area contributed by atoms with E-state index in [-0.39, 0.29) is 42.9 Å². The highest BCUT2D eigenvalue weighted by molar-refractivity contribution is 7.09. The Morgan fingerprint density at radius 1 is 1.55 bits per heavy atom. The van der Waals surface area contributed by atoms with Crippen molar-refractivity contribution in [2.75, 3.05) is 13.2 Å². The van der Waals surface area contributed by atoms with Crippen LogP contribution in [0.4, 0.5) is 0 Å². The topological polar surface area (TPSA) is 77.2 Å². The predicted molar refractivity (Wildman–Crippen MR) is 94.1 cm³/mol. The molecule has 22 heavy (non-hydrogen) atoms. The number of nitrogens with zero attached hydrogens (tertiary/aromatic N) is 1. The summed E-state index contributed by atoms with van der Waals surface area (Å²) in [5, 5.41) is 5.73. The fourth-order valence-electron chi connectivity index (χ4n) is 2.06. The Morgan fingerprint density at radius 3 is 2.82 bits per heavy atom. The maximum absolute atomic E-state index is 11.8. The summed E-state index contributed by atoms with van der Waals surface area (Å²) in [6.45, 7) is 5.16. The van der Waals surface area contributed by atoms with Gasteiger partial charge in [-0.3, -0.25) is 4.79 Å². The Morgan fingerprint density at radius 2 is 2.23 bits per heavy atom. The molecular formula is C14H25Cl2N3O2S. The molecule has 128 valence electrons. The number of nitrogens with two attached hydrogens (primary N) is 1. The van der Waals surface area contributed by atoms with Gasteiger partial charge in [0.1, 0.15) is 11.1 Å². The molecule has 1 aliphatic rings. The van der Waals surface area contributed by atoms with Crippen molar-refractivity contribution in [2.24, 2.45) is 11.7 Å². The summed E-state index contributed by atoms with van der Waals surface area (Å²) in [7, 11) is 0. The van der Waals surface area contributed by atoms with Crippen LogP contribution in [-0.4, -0.2) is 30.1 Å². The number of hydrogen-bond donors (Lipinski definition) is 2. The van der Waals surface area contributed by atoms with Crippen molar-refractivity contribution in [3.8, 4) is 0 Å². The molecule has 3 N–H and O–H groups in total. The van der Waals surface area contributed by atoms with Gasteiger partial charge in [-0.25, -0.2) is 4.98 Å². The summed E-state index contributed by atoms with van der Waals surface area (Å²) < 4.78 is 5.49. The van der Waals surface area contributed by atoms with Crippen LogP contribution in [-0.2, 0) is 16.0 Å². The maximum atomic E-state index is 11.8. The number of halogens is 2. The van der Waals surface area contributed by atoms with Crippen molar-refractivity contribution in [1.29, 1.82) is 0 Å². The molecule has 2 unspecified atom stereocenters. The normalized spacial score (nSPS) is 16.1. The van der Waals surface area contributed by atoms with E-state index >= 15 is 0 Å². The largest absolute Gasteiger partial charge is 0.372 e. The van der Waals surface area contributed by atoms with Crippen LogP contribution in [0.25, 0.3) is 0 Å². The lowest BCUT2D eigenvalue weighted by molar-refractivity contribution is -0.120. The Balaban J connectivity index is 0.00000220. The van der Waals surface area contributed by atoms with Crippen LogP contribution in [0.15, 0.2) is 5.38 Å². The zero-order valence-corrected chi connectivity index (χ0v) is 15.4. The zero-order valence-electron chi connectivity index (χ0n) is 12.9. The first kappa shape index (κ1) is 21.6. The minimum atomic E-state index is -0.0120. The van der Waals surface area contributed by atoms with Crippen molar-refractivity contribution in [3.63, 3.8) is 0 Å². The van der Waals surface area contributed by atoms with Gasteiger partial charge in [0.2, 0.25) is 5.91 Å². The Hall–Kier alpha value is -0.400. The molecule has 0 spiro atoms. The molecule has 1 amide bonds. The molecule has 1 aromatic heterocycles. The van der Waals surface area contributed by atoms with E-state index in [2.05, 4.69) is 10.3 Å². The second-order valence-corrected chi connectivity index (χ2v) is 6.15. The standard InChI is InChI=1S/C14H23N3O2S.2ClH/c1-3-19-9(2)14-17-11(8-20-14)6-13(18)16-7-12(15)10-4-5-10;;/h8-10,12H,3-7,15H2,1-2H3,(H,16,18);2*1H. The van der Waals surface area contributed by atoms with E-state index in [4.69, 9.17) is 10.5 Å². The summed E-state index contributed by atoms with van der Waals surface area (Å²) >= 11 is 1.54. The predicted octanol–water partition coefficient (Wildman–Crippen LogP) is 2.48. The summed E-state index contributed by atoms with van der Waals surface area (Å²) in [6, 6.07) is 0.0999.